The van der Waals surface area contributed by atoms with Gasteiger partial charge in [-0.2, -0.15) is 0 Å². The van der Waals surface area contributed by atoms with Crippen LogP contribution in [-0.2, 0) is 4.74 Å². The van der Waals surface area contributed by atoms with E-state index in [2.05, 4.69) is 9.97 Å². The number of nitrogens with two attached hydrogens (primary N) is 1. The molecule has 1 aromatic carbocycles. The van der Waals surface area contributed by atoms with E-state index in [4.69, 9.17) is 15.2 Å². The third kappa shape index (κ3) is 3.66. The zero-order valence-corrected chi connectivity index (χ0v) is 11.1. The molecule has 0 aliphatic rings. The van der Waals surface area contributed by atoms with Crippen LogP contribution in [0.4, 0.5) is 5.82 Å². The maximum atomic E-state index is 5.72. The molecule has 0 spiro atoms. The highest BCUT2D eigenvalue weighted by atomic mass is 16.5. The lowest BCUT2D eigenvalue weighted by molar-refractivity contribution is 0.146. The Morgan fingerprint density at radius 3 is 2.47 bits per heavy atom. The molecule has 5 heteroatoms. The summed E-state index contributed by atoms with van der Waals surface area (Å²) in [6, 6.07) is 9.46. The molecule has 0 bridgehead atoms. The molecule has 0 atom stereocenters. The minimum Gasteiger partial charge on any atom is -0.491 e. The second-order valence-electron chi connectivity index (χ2n) is 4.09. The highest BCUT2D eigenvalue weighted by Crippen LogP contribution is 2.21. The summed E-state index contributed by atoms with van der Waals surface area (Å²) in [5.74, 6) is 1.94. The van der Waals surface area contributed by atoms with E-state index in [1.807, 2.05) is 31.2 Å². The van der Waals surface area contributed by atoms with Crippen molar-refractivity contribution in [3.8, 4) is 17.0 Å². The van der Waals surface area contributed by atoms with Gasteiger partial charge in [-0.15, -0.1) is 0 Å². The monoisotopic (exact) mass is 259 g/mol. The summed E-state index contributed by atoms with van der Waals surface area (Å²) in [6.45, 7) is 2.93. The summed E-state index contributed by atoms with van der Waals surface area (Å²) < 4.78 is 10.4. The van der Waals surface area contributed by atoms with Crippen molar-refractivity contribution < 1.29 is 9.47 Å². The molecule has 5 nitrogen and oxygen atoms in total. The van der Waals surface area contributed by atoms with E-state index >= 15 is 0 Å². The smallest absolute Gasteiger partial charge is 0.128 e. The minimum atomic E-state index is 0.475. The van der Waals surface area contributed by atoms with Crippen LogP contribution in [0.1, 0.15) is 5.82 Å². The number of hydrogen-bond donors (Lipinski definition) is 1. The van der Waals surface area contributed by atoms with Crippen LogP contribution in [0.3, 0.4) is 0 Å². The second kappa shape index (κ2) is 6.15. The molecule has 2 aromatic rings. The van der Waals surface area contributed by atoms with E-state index in [0.29, 0.717) is 24.9 Å². The summed E-state index contributed by atoms with van der Waals surface area (Å²) in [5, 5.41) is 0. The van der Waals surface area contributed by atoms with Gasteiger partial charge in [0.2, 0.25) is 0 Å². The predicted molar refractivity (Wildman–Crippen MR) is 74.0 cm³/mol. The molecule has 1 aromatic heterocycles. The van der Waals surface area contributed by atoms with Crippen molar-refractivity contribution in [2.24, 2.45) is 0 Å². The quantitative estimate of drug-likeness (QED) is 0.832. The van der Waals surface area contributed by atoms with Gasteiger partial charge < -0.3 is 15.2 Å². The lowest BCUT2D eigenvalue weighted by Gasteiger charge is -2.07. The van der Waals surface area contributed by atoms with Gasteiger partial charge in [0.15, 0.2) is 0 Å². The number of hydrogen-bond acceptors (Lipinski definition) is 5. The van der Waals surface area contributed by atoms with Crippen LogP contribution in [0.2, 0.25) is 0 Å². The third-order valence-corrected chi connectivity index (χ3v) is 2.56. The molecule has 0 unspecified atom stereocenters. The molecule has 0 saturated carbocycles. The Morgan fingerprint density at radius 2 is 1.84 bits per heavy atom. The summed E-state index contributed by atoms with van der Waals surface area (Å²) in [5.41, 5.74) is 7.51. The van der Waals surface area contributed by atoms with Gasteiger partial charge in [-0.3, -0.25) is 0 Å². The summed E-state index contributed by atoms with van der Waals surface area (Å²) in [4.78, 5) is 8.41. The average Bonchev–Trinajstić information content (AvgIpc) is 2.39. The Kier molecular flexibility index (Phi) is 4.30. The fraction of sp³-hybridized carbons (Fsp3) is 0.286. The number of aromatic nitrogens is 2. The molecule has 0 aliphatic carbocycles. The van der Waals surface area contributed by atoms with Crippen LogP contribution >= 0.6 is 0 Å². The molecule has 0 radical (unpaired) electrons. The van der Waals surface area contributed by atoms with Crippen molar-refractivity contribution in [3.05, 3.63) is 36.2 Å². The highest BCUT2D eigenvalue weighted by molar-refractivity contribution is 5.62. The number of ether oxygens (including phenoxy) is 2. The molecule has 0 fully saturated rings. The van der Waals surface area contributed by atoms with Crippen molar-refractivity contribution in [2.75, 3.05) is 26.1 Å². The van der Waals surface area contributed by atoms with Crippen molar-refractivity contribution in [1.82, 2.24) is 9.97 Å². The van der Waals surface area contributed by atoms with Crippen molar-refractivity contribution in [3.63, 3.8) is 0 Å². The Labute approximate surface area is 112 Å². The van der Waals surface area contributed by atoms with Gasteiger partial charge in [0.1, 0.15) is 24.0 Å². The van der Waals surface area contributed by atoms with Gasteiger partial charge in [-0.1, -0.05) is 0 Å². The Bertz CT molecular complexity index is 521. The Hall–Kier alpha value is -2.14. The fourth-order valence-electron chi connectivity index (χ4n) is 1.70. The van der Waals surface area contributed by atoms with Crippen LogP contribution in [0.5, 0.6) is 5.75 Å². The van der Waals surface area contributed by atoms with Gasteiger partial charge in [0, 0.05) is 18.7 Å². The zero-order chi connectivity index (χ0) is 13.7. The number of nitrogens with zero attached hydrogens (tertiary/aromatic N) is 2. The van der Waals surface area contributed by atoms with E-state index in [0.717, 1.165) is 17.0 Å². The van der Waals surface area contributed by atoms with Crippen LogP contribution in [0, 0.1) is 6.92 Å². The van der Waals surface area contributed by atoms with E-state index < -0.39 is 0 Å². The van der Waals surface area contributed by atoms with E-state index in [-0.39, 0.29) is 0 Å². The third-order valence-electron chi connectivity index (χ3n) is 2.56. The molecule has 100 valence electrons. The Balaban J connectivity index is 2.13. The molecule has 0 amide bonds. The number of aryl methyl sites for hydroxylation is 1. The summed E-state index contributed by atoms with van der Waals surface area (Å²) in [6.07, 6.45) is 0. The van der Waals surface area contributed by atoms with Crippen LogP contribution < -0.4 is 10.5 Å². The fourth-order valence-corrected chi connectivity index (χ4v) is 1.70. The first-order valence-corrected chi connectivity index (χ1v) is 6.02. The lowest BCUT2D eigenvalue weighted by Crippen LogP contribution is -2.04. The number of benzene rings is 1. The van der Waals surface area contributed by atoms with E-state index in [9.17, 15) is 0 Å². The molecule has 1 heterocycles. The van der Waals surface area contributed by atoms with E-state index in [1.54, 1.807) is 13.2 Å². The van der Waals surface area contributed by atoms with Gasteiger partial charge >= 0.3 is 0 Å². The van der Waals surface area contributed by atoms with Gasteiger partial charge in [0.25, 0.3) is 0 Å². The molecule has 0 aliphatic heterocycles. The van der Waals surface area contributed by atoms with Crippen LogP contribution in [0.25, 0.3) is 11.3 Å². The average molecular weight is 259 g/mol. The zero-order valence-electron chi connectivity index (χ0n) is 11.1. The molecule has 0 saturated heterocycles. The van der Waals surface area contributed by atoms with Crippen molar-refractivity contribution in [1.29, 1.82) is 0 Å². The molecular formula is C14H17N3O2. The first kappa shape index (κ1) is 13.3. The topological polar surface area (TPSA) is 70.3 Å². The highest BCUT2D eigenvalue weighted by Gasteiger charge is 2.03. The van der Waals surface area contributed by atoms with Gasteiger partial charge in [-0.25, -0.2) is 9.97 Å². The van der Waals surface area contributed by atoms with E-state index in [1.165, 1.54) is 0 Å². The SMILES string of the molecule is COCCOc1ccc(-c2cc(N)nc(C)n2)cc1. The van der Waals surface area contributed by atoms with Crippen molar-refractivity contribution >= 4 is 5.82 Å². The number of methoxy groups -OCH3 is 1. The van der Waals surface area contributed by atoms with Crippen LogP contribution in [0.15, 0.2) is 30.3 Å². The number of nitrogen functional groups attached to an aromatic ring is 1. The van der Waals surface area contributed by atoms with Crippen LogP contribution in [-0.4, -0.2) is 30.3 Å². The number of anilines is 1. The standard InChI is InChI=1S/C14H17N3O2/c1-10-16-13(9-14(15)17-10)11-3-5-12(6-4-11)19-8-7-18-2/h3-6,9H,7-8H2,1-2H3,(H2,15,16,17). The first-order valence-electron chi connectivity index (χ1n) is 6.02. The molecule has 19 heavy (non-hydrogen) atoms. The maximum absolute atomic E-state index is 5.72. The molecular weight excluding hydrogens is 242 g/mol. The molecule has 2 N–H and O–H groups in total. The normalized spacial score (nSPS) is 10.4. The number of rotatable bonds is 5. The predicted octanol–water partition coefficient (Wildman–Crippen LogP) is 2.06. The minimum absolute atomic E-state index is 0.475. The first-order chi connectivity index (χ1) is 9.19. The summed E-state index contributed by atoms with van der Waals surface area (Å²) >= 11 is 0. The largest absolute Gasteiger partial charge is 0.491 e. The lowest BCUT2D eigenvalue weighted by atomic mass is 10.1. The second-order valence-corrected chi connectivity index (χ2v) is 4.09. The van der Waals surface area contributed by atoms with Crippen molar-refractivity contribution in [2.45, 2.75) is 6.92 Å². The molecule has 2 rings (SSSR count). The maximum Gasteiger partial charge on any atom is 0.128 e. The van der Waals surface area contributed by atoms with Gasteiger partial charge in [0.05, 0.1) is 12.3 Å². The van der Waals surface area contributed by atoms with Gasteiger partial charge in [-0.05, 0) is 31.2 Å². The Morgan fingerprint density at radius 1 is 1.11 bits per heavy atom. The summed E-state index contributed by atoms with van der Waals surface area (Å²) in [7, 11) is 1.65.